The van der Waals surface area contributed by atoms with E-state index in [-0.39, 0.29) is 23.0 Å². The van der Waals surface area contributed by atoms with Crippen LogP contribution in [0.3, 0.4) is 0 Å². The van der Waals surface area contributed by atoms with Crippen LogP contribution in [-0.2, 0) is 0 Å². The van der Waals surface area contributed by atoms with E-state index in [1.54, 1.807) is 12.3 Å². The normalized spacial score (nSPS) is 29.5. The van der Waals surface area contributed by atoms with Crippen molar-refractivity contribution >= 4 is 17.6 Å². The second-order valence-electron chi connectivity index (χ2n) is 3.66. The van der Waals surface area contributed by atoms with Crippen LogP contribution in [0.15, 0.2) is 17.1 Å². The lowest BCUT2D eigenvalue weighted by Gasteiger charge is -2.12. The molecule has 0 unspecified atom stereocenters. The molecule has 0 saturated carbocycles. The summed E-state index contributed by atoms with van der Waals surface area (Å²) in [6.45, 7) is -0.0977. The minimum absolute atomic E-state index is 0.0977. The lowest BCUT2D eigenvalue weighted by atomic mass is 10.2. The molecule has 0 amide bonds. The van der Waals surface area contributed by atoms with Crippen LogP contribution in [0.1, 0.15) is 11.8 Å². The van der Waals surface area contributed by atoms with Crippen LogP contribution < -0.4 is 11.4 Å². The van der Waals surface area contributed by atoms with Gasteiger partial charge >= 0.3 is 5.69 Å². The topological polar surface area (TPSA) is 101 Å². The number of anilines is 1. The van der Waals surface area contributed by atoms with Crippen molar-refractivity contribution in [3.63, 3.8) is 0 Å². The molecule has 1 aliphatic heterocycles. The van der Waals surface area contributed by atoms with Crippen molar-refractivity contribution in [2.24, 2.45) is 0 Å². The molecule has 0 spiro atoms. The fraction of sp³-hybridized carbons (Fsp3) is 0.556. The monoisotopic (exact) mass is 243 g/mol. The Labute approximate surface area is 96.1 Å². The number of nitrogens with zero attached hydrogens (tertiary/aromatic N) is 2. The molecule has 4 N–H and O–H groups in total. The fourth-order valence-electron chi connectivity index (χ4n) is 1.70. The molecule has 88 valence electrons. The summed E-state index contributed by atoms with van der Waals surface area (Å²) in [5.74, 6) is 0.184. The Morgan fingerprint density at radius 2 is 2.44 bits per heavy atom. The summed E-state index contributed by atoms with van der Waals surface area (Å²) < 4.78 is 1.43. The van der Waals surface area contributed by atoms with Gasteiger partial charge in [0.25, 0.3) is 0 Å². The Hall–Kier alpha value is -1.05. The van der Waals surface area contributed by atoms with E-state index >= 15 is 0 Å². The molecular weight excluding hydrogens is 230 g/mol. The van der Waals surface area contributed by atoms with Gasteiger partial charge in [-0.15, -0.1) is 11.8 Å². The highest BCUT2D eigenvalue weighted by atomic mass is 32.2. The van der Waals surface area contributed by atoms with Crippen molar-refractivity contribution in [2.75, 3.05) is 12.3 Å². The molecule has 0 aliphatic carbocycles. The SMILES string of the molecule is Nc1ccn([C@@H]2C[C@H](O)[C@@H](CO)S2)c(=O)n1. The molecule has 1 saturated heterocycles. The van der Waals surface area contributed by atoms with Crippen LogP contribution in [0.2, 0.25) is 0 Å². The third-order valence-corrected chi connectivity index (χ3v) is 4.09. The van der Waals surface area contributed by atoms with Crippen molar-refractivity contribution in [3.05, 3.63) is 22.7 Å². The zero-order chi connectivity index (χ0) is 11.7. The highest BCUT2D eigenvalue weighted by Crippen LogP contribution is 2.40. The van der Waals surface area contributed by atoms with Crippen LogP contribution >= 0.6 is 11.8 Å². The molecular formula is C9H13N3O3S. The highest BCUT2D eigenvalue weighted by Gasteiger charge is 2.34. The molecule has 1 aromatic heterocycles. The first kappa shape index (κ1) is 11.4. The van der Waals surface area contributed by atoms with E-state index < -0.39 is 11.8 Å². The van der Waals surface area contributed by atoms with Gasteiger partial charge in [0.1, 0.15) is 5.82 Å². The number of hydrogen-bond donors (Lipinski definition) is 3. The van der Waals surface area contributed by atoms with Crippen LogP contribution in [0.5, 0.6) is 0 Å². The summed E-state index contributed by atoms with van der Waals surface area (Å²) in [7, 11) is 0. The minimum Gasteiger partial charge on any atom is -0.395 e. The summed E-state index contributed by atoms with van der Waals surface area (Å²) in [4.78, 5) is 15.2. The van der Waals surface area contributed by atoms with Gasteiger partial charge in [-0.1, -0.05) is 0 Å². The van der Waals surface area contributed by atoms with Gasteiger partial charge in [0.05, 0.1) is 23.3 Å². The zero-order valence-electron chi connectivity index (χ0n) is 8.48. The number of aliphatic hydroxyl groups is 2. The molecule has 6 nitrogen and oxygen atoms in total. The number of nitrogens with two attached hydrogens (primary N) is 1. The van der Waals surface area contributed by atoms with E-state index in [1.807, 2.05) is 0 Å². The summed E-state index contributed by atoms with van der Waals surface area (Å²) in [6, 6.07) is 1.54. The second-order valence-corrected chi connectivity index (χ2v) is 5.08. The molecule has 3 atom stereocenters. The number of rotatable bonds is 2. The predicted molar refractivity (Wildman–Crippen MR) is 61.0 cm³/mol. The van der Waals surface area contributed by atoms with E-state index in [2.05, 4.69) is 4.98 Å². The summed E-state index contributed by atoms with van der Waals surface area (Å²) >= 11 is 1.37. The van der Waals surface area contributed by atoms with Crippen LogP contribution in [0, 0.1) is 0 Å². The quantitative estimate of drug-likeness (QED) is 0.627. The Morgan fingerprint density at radius 3 is 3.00 bits per heavy atom. The van der Waals surface area contributed by atoms with Crippen LogP contribution in [0.4, 0.5) is 5.82 Å². The van der Waals surface area contributed by atoms with Gasteiger partial charge in [-0.2, -0.15) is 4.98 Å². The maximum atomic E-state index is 11.5. The minimum atomic E-state index is -0.593. The third kappa shape index (κ3) is 2.06. The standard InChI is InChI=1S/C9H13N3O3S/c10-7-1-2-12(9(15)11-7)8-3-5(14)6(4-13)16-8/h1-2,5-6,8,13-14H,3-4H2,(H2,10,11,15)/t5-,6+,8-/m0/s1. The Bertz CT molecular complexity index is 436. The second kappa shape index (κ2) is 4.44. The lowest BCUT2D eigenvalue weighted by Crippen LogP contribution is -2.25. The zero-order valence-corrected chi connectivity index (χ0v) is 9.30. The highest BCUT2D eigenvalue weighted by molar-refractivity contribution is 8.00. The van der Waals surface area contributed by atoms with Gasteiger partial charge in [-0.3, -0.25) is 4.57 Å². The van der Waals surface area contributed by atoms with Crippen LogP contribution in [0.25, 0.3) is 0 Å². The predicted octanol–water partition coefficient (Wildman–Crippen LogP) is -0.817. The Balaban J connectivity index is 2.23. The largest absolute Gasteiger partial charge is 0.395 e. The number of hydrogen-bond acceptors (Lipinski definition) is 6. The van der Waals surface area contributed by atoms with Gasteiger partial charge in [0.15, 0.2) is 0 Å². The number of thioether (sulfide) groups is 1. The van der Waals surface area contributed by atoms with E-state index in [1.165, 1.54) is 16.3 Å². The lowest BCUT2D eigenvalue weighted by molar-refractivity contribution is 0.137. The van der Waals surface area contributed by atoms with Crippen molar-refractivity contribution in [3.8, 4) is 0 Å². The average molecular weight is 243 g/mol. The van der Waals surface area contributed by atoms with E-state index in [4.69, 9.17) is 10.8 Å². The third-order valence-electron chi connectivity index (χ3n) is 2.55. The smallest absolute Gasteiger partial charge is 0.350 e. The van der Waals surface area contributed by atoms with E-state index in [0.29, 0.717) is 6.42 Å². The molecule has 2 heterocycles. The van der Waals surface area contributed by atoms with Gasteiger partial charge in [0, 0.05) is 12.6 Å². The van der Waals surface area contributed by atoms with E-state index in [9.17, 15) is 9.90 Å². The average Bonchev–Trinajstić information content (AvgIpc) is 2.59. The summed E-state index contributed by atoms with van der Waals surface area (Å²) in [6.07, 6.45) is 1.40. The molecule has 2 rings (SSSR count). The first-order valence-corrected chi connectivity index (χ1v) is 5.85. The number of nitrogen functional groups attached to an aromatic ring is 1. The van der Waals surface area contributed by atoms with Crippen molar-refractivity contribution < 1.29 is 10.2 Å². The molecule has 1 fully saturated rings. The van der Waals surface area contributed by atoms with Crippen LogP contribution in [-0.4, -0.2) is 37.7 Å². The number of aromatic nitrogens is 2. The summed E-state index contributed by atoms with van der Waals surface area (Å²) in [5.41, 5.74) is 4.96. The summed E-state index contributed by atoms with van der Waals surface area (Å²) in [5, 5.41) is 18.2. The molecule has 1 aromatic rings. The van der Waals surface area contributed by atoms with Crippen molar-refractivity contribution in [2.45, 2.75) is 23.1 Å². The van der Waals surface area contributed by atoms with Gasteiger partial charge in [-0.05, 0) is 6.07 Å². The molecule has 0 radical (unpaired) electrons. The van der Waals surface area contributed by atoms with Crippen molar-refractivity contribution in [1.29, 1.82) is 0 Å². The maximum absolute atomic E-state index is 11.5. The molecule has 0 aromatic carbocycles. The van der Waals surface area contributed by atoms with Gasteiger partial charge in [-0.25, -0.2) is 4.79 Å². The van der Waals surface area contributed by atoms with Gasteiger partial charge in [0.2, 0.25) is 0 Å². The Kier molecular flexibility index (Phi) is 3.17. The molecule has 7 heteroatoms. The fourth-order valence-corrected chi connectivity index (χ4v) is 3.08. The molecule has 16 heavy (non-hydrogen) atoms. The maximum Gasteiger partial charge on any atom is 0.350 e. The first-order valence-electron chi connectivity index (χ1n) is 4.91. The number of aliphatic hydroxyl groups excluding tert-OH is 2. The first-order chi connectivity index (χ1) is 7.61. The molecule has 0 bridgehead atoms. The van der Waals surface area contributed by atoms with Gasteiger partial charge < -0.3 is 15.9 Å². The van der Waals surface area contributed by atoms with Crippen molar-refractivity contribution in [1.82, 2.24) is 9.55 Å². The van der Waals surface area contributed by atoms with E-state index in [0.717, 1.165) is 0 Å². The Morgan fingerprint density at radius 1 is 1.69 bits per heavy atom. The molecule has 1 aliphatic rings.